The lowest BCUT2D eigenvalue weighted by Gasteiger charge is -2.21. The summed E-state index contributed by atoms with van der Waals surface area (Å²) in [5, 5.41) is 11.7. The first-order valence-electron chi connectivity index (χ1n) is 5.47. The van der Waals surface area contributed by atoms with Gasteiger partial charge in [-0.2, -0.15) is 0 Å². The van der Waals surface area contributed by atoms with Crippen LogP contribution in [0.4, 0.5) is 0 Å². The lowest BCUT2D eigenvalue weighted by atomic mass is 9.89. The Morgan fingerprint density at radius 3 is 2.56 bits per heavy atom. The molecule has 1 aliphatic rings. The van der Waals surface area contributed by atoms with Crippen molar-refractivity contribution >= 4 is 11.9 Å². The molecule has 0 saturated carbocycles. The van der Waals surface area contributed by atoms with Crippen LogP contribution in [0.25, 0.3) is 0 Å². The van der Waals surface area contributed by atoms with Crippen LogP contribution in [0.5, 0.6) is 0 Å². The van der Waals surface area contributed by atoms with E-state index in [1.54, 1.807) is 13.8 Å². The maximum absolute atomic E-state index is 11.6. The van der Waals surface area contributed by atoms with E-state index in [4.69, 9.17) is 9.84 Å². The average molecular weight is 229 g/mol. The second-order valence-electron chi connectivity index (χ2n) is 4.90. The second-order valence-corrected chi connectivity index (χ2v) is 4.90. The predicted octanol–water partition coefficient (Wildman–Crippen LogP) is 0.781. The third-order valence-electron chi connectivity index (χ3n) is 2.90. The normalized spacial score (nSPS) is 25.4. The summed E-state index contributed by atoms with van der Waals surface area (Å²) in [4.78, 5) is 22.5. The van der Waals surface area contributed by atoms with Crippen LogP contribution in [0.3, 0.4) is 0 Å². The molecule has 1 heterocycles. The number of rotatable bonds is 4. The van der Waals surface area contributed by atoms with Crippen molar-refractivity contribution in [2.24, 2.45) is 5.41 Å². The van der Waals surface area contributed by atoms with Gasteiger partial charge in [-0.05, 0) is 27.2 Å². The van der Waals surface area contributed by atoms with Gasteiger partial charge in [-0.25, -0.2) is 0 Å². The van der Waals surface area contributed by atoms with Crippen LogP contribution in [0.1, 0.15) is 33.6 Å². The molecule has 2 atom stereocenters. The Morgan fingerprint density at radius 1 is 1.50 bits per heavy atom. The van der Waals surface area contributed by atoms with E-state index < -0.39 is 11.4 Å². The van der Waals surface area contributed by atoms with Crippen molar-refractivity contribution in [3.8, 4) is 0 Å². The van der Waals surface area contributed by atoms with Crippen molar-refractivity contribution in [1.29, 1.82) is 0 Å². The summed E-state index contributed by atoms with van der Waals surface area (Å²) >= 11 is 0. The highest BCUT2D eigenvalue weighted by molar-refractivity contribution is 5.84. The molecule has 0 aliphatic carbocycles. The van der Waals surface area contributed by atoms with Crippen LogP contribution in [0.15, 0.2) is 0 Å². The maximum atomic E-state index is 11.6. The minimum atomic E-state index is -1.02. The maximum Gasteiger partial charge on any atom is 0.309 e. The molecule has 1 aliphatic heterocycles. The number of nitrogens with one attached hydrogen (secondary N) is 1. The van der Waals surface area contributed by atoms with Crippen molar-refractivity contribution in [3.05, 3.63) is 0 Å². The van der Waals surface area contributed by atoms with E-state index >= 15 is 0 Å². The van der Waals surface area contributed by atoms with E-state index in [2.05, 4.69) is 5.32 Å². The number of carboxylic acids is 1. The number of ether oxygens (including phenoxy) is 1. The van der Waals surface area contributed by atoms with Gasteiger partial charge in [0.15, 0.2) is 0 Å². The van der Waals surface area contributed by atoms with E-state index in [1.165, 1.54) is 0 Å². The molecule has 1 rings (SSSR count). The summed E-state index contributed by atoms with van der Waals surface area (Å²) < 4.78 is 5.31. The van der Waals surface area contributed by atoms with Gasteiger partial charge < -0.3 is 15.2 Å². The molecule has 2 N–H and O–H groups in total. The summed E-state index contributed by atoms with van der Waals surface area (Å²) in [6.45, 7) is 5.64. The Balaban J connectivity index is 2.44. The van der Waals surface area contributed by atoms with E-state index in [1.807, 2.05) is 6.92 Å². The minimum Gasteiger partial charge on any atom is -0.481 e. The number of hydrogen-bond donors (Lipinski definition) is 2. The van der Waals surface area contributed by atoms with Gasteiger partial charge in [-0.1, -0.05) is 0 Å². The number of aliphatic carboxylic acids is 1. The highest BCUT2D eigenvalue weighted by atomic mass is 16.5. The molecule has 0 aromatic rings. The van der Waals surface area contributed by atoms with Crippen LogP contribution in [0, 0.1) is 5.41 Å². The zero-order valence-corrected chi connectivity index (χ0v) is 9.95. The van der Waals surface area contributed by atoms with Crippen LogP contribution in [-0.2, 0) is 14.3 Å². The first-order chi connectivity index (χ1) is 7.33. The summed E-state index contributed by atoms with van der Waals surface area (Å²) in [7, 11) is 0. The molecular weight excluding hydrogens is 210 g/mol. The Bertz CT molecular complexity index is 288. The van der Waals surface area contributed by atoms with Crippen LogP contribution >= 0.6 is 0 Å². The third kappa shape index (κ3) is 3.20. The monoisotopic (exact) mass is 229 g/mol. The van der Waals surface area contributed by atoms with E-state index in [-0.39, 0.29) is 24.5 Å². The lowest BCUT2D eigenvalue weighted by Crippen LogP contribution is -2.42. The largest absolute Gasteiger partial charge is 0.481 e. The molecule has 16 heavy (non-hydrogen) atoms. The number of carboxylic acid groups (broad SMARTS) is 1. The first kappa shape index (κ1) is 13.0. The van der Waals surface area contributed by atoms with Gasteiger partial charge in [0.2, 0.25) is 5.91 Å². The summed E-state index contributed by atoms with van der Waals surface area (Å²) in [6.07, 6.45) is 0.795. The molecule has 0 aromatic heterocycles. The van der Waals surface area contributed by atoms with E-state index in [0.717, 1.165) is 6.42 Å². The van der Waals surface area contributed by atoms with Crippen molar-refractivity contribution in [2.45, 2.75) is 45.8 Å². The molecule has 1 amide bonds. The Morgan fingerprint density at radius 2 is 2.12 bits per heavy atom. The fourth-order valence-corrected chi connectivity index (χ4v) is 1.66. The second kappa shape index (κ2) is 4.82. The van der Waals surface area contributed by atoms with Crippen molar-refractivity contribution in [2.75, 3.05) is 6.61 Å². The number of hydrogen-bond acceptors (Lipinski definition) is 3. The van der Waals surface area contributed by atoms with Gasteiger partial charge in [0.1, 0.15) is 0 Å². The molecule has 0 aromatic carbocycles. The average Bonchev–Trinajstić information content (AvgIpc) is 2.50. The van der Waals surface area contributed by atoms with Gasteiger partial charge in [-0.3, -0.25) is 9.59 Å². The Kier molecular flexibility index (Phi) is 3.91. The number of carbonyl (C=O) groups excluding carboxylic acids is 1. The van der Waals surface area contributed by atoms with Gasteiger partial charge in [0.05, 0.1) is 17.6 Å². The standard InChI is InChI=1S/C11H19NO4/c1-7-8(4-5-16-7)12-9(13)6-11(2,3)10(14)15/h7-8H,4-6H2,1-3H3,(H,12,13)(H,14,15). The molecular formula is C11H19NO4. The fourth-order valence-electron chi connectivity index (χ4n) is 1.66. The lowest BCUT2D eigenvalue weighted by molar-refractivity contribution is -0.149. The van der Waals surface area contributed by atoms with Crippen LogP contribution in [-0.4, -0.2) is 35.7 Å². The molecule has 5 nitrogen and oxygen atoms in total. The Labute approximate surface area is 95.2 Å². The predicted molar refractivity (Wildman–Crippen MR) is 58.0 cm³/mol. The van der Waals surface area contributed by atoms with Gasteiger partial charge >= 0.3 is 5.97 Å². The molecule has 0 radical (unpaired) electrons. The van der Waals surface area contributed by atoms with Gasteiger partial charge in [-0.15, -0.1) is 0 Å². The highest BCUT2D eigenvalue weighted by Gasteiger charge is 2.32. The zero-order valence-electron chi connectivity index (χ0n) is 9.95. The third-order valence-corrected chi connectivity index (χ3v) is 2.90. The SMILES string of the molecule is CC1OCCC1NC(=O)CC(C)(C)C(=O)O. The summed E-state index contributed by atoms with van der Waals surface area (Å²) in [5.41, 5.74) is -1.02. The molecule has 92 valence electrons. The summed E-state index contributed by atoms with van der Waals surface area (Å²) in [5.74, 6) is -1.19. The van der Waals surface area contributed by atoms with Crippen LogP contribution < -0.4 is 5.32 Å². The first-order valence-corrected chi connectivity index (χ1v) is 5.47. The Hall–Kier alpha value is -1.10. The zero-order chi connectivity index (χ0) is 12.3. The van der Waals surface area contributed by atoms with Crippen molar-refractivity contribution in [1.82, 2.24) is 5.32 Å². The molecule has 0 bridgehead atoms. The van der Waals surface area contributed by atoms with Crippen molar-refractivity contribution < 1.29 is 19.4 Å². The molecule has 1 saturated heterocycles. The number of amides is 1. The topological polar surface area (TPSA) is 75.6 Å². The smallest absolute Gasteiger partial charge is 0.309 e. The van der Waals surface area contributed by atoms with E-state index in [9.17, 15) is 9.59 Å². The van der Waals surface area contributed by atoms with Crippen molar-refractivity contribution in [3.63, 3.8) is 0 Å². The highest BCUT2D eigenvalue weighted by Crippen LogP contribution is 2.21. The minimum absolute atomic E-state index is 0.00838. The van der Waals surface area contributed by atoms with E-state index in [0.29, 0.717) is 6.61 Å². The number of carbonyl (C=O) groups is 2. The van der Waals surface area contributed by atoms with Gasteiger partial charge in [0.25, 0.3) is 0 Å². The summed E-state index contributed by atoms with van der Waals surface area (Å²) in [6, 6.07) is 0.0112. The quantitative estimate of drug-likeness (QED) is 0.747. The fraction of sp³-hybridized carbons (Fsp3) is 0.818. The molecule has 5 heteroatoms. The molecule has 1 fully saturated rings. The van der Waals surface area contributed by atoms with Gasteiger partial charge in [0, 0.05) is 13.0 Å². The molecule has 2 unspecified atom stereocenters. The molecule has 0 spiro atoms. The van der Waals surface area contributed by atoms with Crippen LogP contribution in [0.2, 0.25) is 0 Å².